The highest BCUT2D eigenvalue weighted by Crippen LogP contribution is 2.55. The van der Waals surface area contributed by atoms with Gasteiger partial charge in [-0.15, -0.1) is 0 Å². The van der Waals surface area contributed by atoms with Crippen molar-refractivity contribution in [3.63, 3.8) is 0 Å². The Morgan fingerprint density at radius 2 is 1.38 bits per heavy atom. The van der Waals surface area contributed by atoms with Gasteiger partial charge in [-0.3, -0.25) is 0 Å². The minimum atomic E-state index is -0.138. The van der Waals surface area contributed by atoms with Gasteiger partial charge in [0.2, 0.25) is 5.75 Å². The first kappa shape index (κ1) is 20.2. The molecular weight excluding hydrogens is 368 g/mol. The Morgan fingerprint density at radius 1 is 0.897 bits per heavy atom. The number of carbonyl (C=O) groups is 1. The Kier molecular flexibility index (Phi) is 5.79. The molecular formula is C23H34N2O4. The molecule has 1 aromatic carbocycles. The quantitative estimate of drug-likeness (QED) is 0.644. The lowest BCUT2D eigenvalue weighted by Gasteiger charge is -2.56. The van der Waals surface area contributed by atoms with Crippen molar-refractivity contribution in [1.29, 1.82) is 0 Å². The van der Waals surface area contributed by atoms with Gasteiger partial charge < -0.3 is 24.8 Å². The minimum absolute atomic E-state index is 0.0183. The summed E-state index contributed by atoms with van der Waals surface area (Å²) in [5.41, 5.74) is 0.637. The van der Waals surface area contributed by atoms with Crippen LogP contribution in [0.1, 0.15) is 59.3 Å². The summed E-state index contributed by atoms with van der Waals surface area (Å²) in [6, 6.07) is 3.49. The zero-order chi connectivity index (χ0) is 20.4. The van der Waals surface area contributed by atoms with Gasteiger partial charge in [0.25, 0.3) is 0 Å². The van der Waals surface area contributed by atoms with E-state index in [0.717, 1.165) is 37.0 Å². The molecule has 0 spiro atoms. The molecule has 1 aromatic rings. The second-order valence-electron chi connectivity index (χ2n) is 8.88. The predicted octanol–water partition coefficient (Wildman–Crippen LogP) is 4.97. The van der Waals surface area contributed by atoms with Crippen molar-refractivity contribution in [3.05, 3.63) is 12.1 Å². The number of amides is 2. The van der Waals surface area contributed by atoms with E-state index in [-0.39, 0.29) is 11.6 Å². The molecule has 0 aliphatic heterocycles. The van der Waals surface area contributed by atoms with Gasteiger partial charge in [-0.25, -0.2) is 4.79 Å². The molecule has 6 heteroatoms. The second kappa shape index (κ2) is 8.33. The van der Waals surface area contributed by atoms with Gasteiger partial charge in [0.05, 0.1) is 25.5 Å². The maximum Gasteiger partial charge on any atom is 0.319 e. The van der Waals surface area contributed by atoms with Crippen LogP contribution in [0.25, 0.3) is 0 Å². The van der Waals surface area contributed by atoms with E-state index >= 15 is 0 Å². The predicted molar refractivity (Wildman–Crippen MR) is 113 cm³/mol. The van der Waals surface area contributed by atoms with Gasteiger partial charge in [0.1, 0.15) is 0 Å². The second-order valence-corrected chi connectivity index (χ2v) is 8.88. The fraction of sp³-hybridized carbons (Fsp3) is 0.696. The molecule has 4 aliphatic carbocycles. The van der Waals surface area contributed by atoms with E-state index in [1.807, 2.05) is 32.9 Å². The normalized spacial score (nSPS) is 29.4. The lowest BCUT2D eigenvalue weighted by atomic mass is 9.53. The summed E-state index contributed by atoms with van der Waals surface area (Å²) in [5.74, 6) is 4.14. The summed E-state index contributed by atoms with van der Waals surface area (Å²) < 4.78 is 17.3. The van der Waals surface area contributed by atoms with E-state index in [0.29, 0.717) is 42.8 Å². The van der Waals surface area contributed by atoms with Crippen LogP contribution in [0.5, 0.6) is 17.2 Å². The molecule has 4 fully saturated rings. The largest absolute Gasteiger partial charge is 0.490 e. The number of hydrogen-bond acceptors (Lipinski definition) is 4. The third-order valence-corrected chi connectivity index (χ3v) is 6.58. The minimum Gasteiger partial charge on any atom is -0.490 e. The lowest BCUT2D eigenvalue weighted by molar-refractivity contribution is -0.0127. The van der Waals surface area contributed by atoms with Crippen molar-refractivity contribution in [2.24, 2.45) is 17.8 Å². The Balaban J connectivity index is 1.50. The van der Waals surface area contributed by atoms with Crippen molar-refractivity contribution in [2.45, 2.75) is 64.8 Å². The molecule has 0 saturated heterocycles. The van der Waals surface area contributed by atoms with E-state index < -0.39 is 0 Å². The topological polar surface area (TPSA) is 68.8 Å². The van der Waals surface area contributed by atoms with Crippen molar-refractivity contribution in [2.75, 3.05) is 25.1 Å². The zero-order valence-electron chi connectivity index (χ0n) is 17.9. The third kappa shape index (κ3) is 4.26. The van der Waals surface area contributed by atoms with Crippen molar-refractivity contribution < 1.29 is 19.0 Å². The number of carbonyl (C=O) groups excluding carboxylic acids is 1. The van der Waals surface area contributed by atoms with Gasteiger partial charge in [0, 0.05) is 17.7 Å². The van der Waals surface area contributed by atoms with Gasteiger partial charge in [-0.05, 0) is 77.0 Å². The summed E-state index contributed by atoms with van der Waals surface area (Å²) in [6.07, 6.45) is 7.46. The Morgan fingerprint density at radius 3 is 1.83 bits per heavy atom. The zero-order valence-corrected chi connectivity index (χ0v) is 17.9. The maximum absolute atomic E-state index is 12.9. The Labute approximate surface area is 173 Å². The van der Waals surface area contributed by atoms with Crippen molar-refractivity contribution >= 4 is 11.7 Å². The molecule has 160 valence electrons. The average molecular weight is 403 g/mol. The fourth-order valence-corrected chi connectivity index (χ4v) is 6.13. The van der Waals surface area contributed by atoms with Gasteiger partial charge >= 0.3 is 6.03 Å². The highest BCUT2D eigenvalue weighted by atomic mass is 16.5. The fourth-order valence-electron chi connectivity index (χ4n) is 6.13. The smallest absolute Gasteiger partial charge is 0.319 e. The van der Waals surface area contributed by atoms with Crippen molar-refractivity contribution in [1.82, 2.24) is 5.32 Å². The van der Waals surface area contributed by atoms with Gasteiger partial charge in [-0.1, -0.05) is 0 Å². The van der Waals surface area contributed by atoms with Crippen LogP contribution in [0.4, 0.5) is 10.5 Å². The van der Waals surface area contributed by atoms with Gasteiger partial charge in [-0.2, -0.15) is 0 Å². The molecule has 29 heavy (non-hydrogen) atoms. The molecule has 0 unspecified atom stereocenters. The van der Waals surface area contributed by atoms with Crippen LogP contribution >= 0.6 is 0 Å². The lowest BCUT2D eigenvalue weighted by Crippen LogP contribution is -2.60. The highest BCUT2D eigenvalue weighted by molar-refractivity contribution is 5.90. The highest BCUT2D eigenvalue weighted by Gasteiger charge is 2.51. The molecule has 0 aromatic heterocycles. The molecule has 6 nitrogen and oxygen atoms in total. The van der Waals surface area contributed by atoms with Crippen LogP contribution in [0, 0.1) is 17.8 Å². The summed E-state index contributed by atoms with van der Waals surface area (Å²) in [4.78, 5) is 12.9. The average Bonchev–Trinajstić information content (AvgIpc) is 2.63. The van der Waals surface area contributed by atoms with Crippen LogP contribution in [0.15, 0.2) is 12.1 Å². The Hall–Kier alpha value is -2.11. The van der Waals surface area contributed by atoms with Gasteiger partial charge in [0.15, 0.2) is 11.5 Å². The Bertz CT molecular complexity index is 686. The summed E-state index contributed by atoms with van der Waals surface area (Å²) >= 11 is 0. The molecule has 2 N–H and O–H groups in total. The van der Waals surface area contributed by atoms with Crippen LogP contribution in [0.2, 0.25) is 0 Å². The molecule has 4 bridgehead atoms. The van der Waals surface area contributed by atoms with E-state index in [1.165, 1.54) is 19.3 Å². The number of rotatable bonds is 8. The number of nitrogens with one attached hydrogen (secondary N) is 2. The third-order valence-electron chi connectivity index (χ3n) is 6.58. The molecule has 0 radical (unpaired) electrons. The summed E-state index contributed by atoms with van der Waals surface area (Å²) in [5, 5.41) is 6.37. The van der Waals surface area contributed by atoms with E-state index in [2.05, 4.69) is 10.6 Å². The van der Waals surface area contributed by atoms with Crippen LogP contribution in [-0.4, -0.2) is 31.4 Å². The number of urea groups is 1. The first-order chi connectivity index (χ1) is 14.0. The monoisotopic (exact) mass is 402 g/mol. The molecule has 5 rings (SSSR count). The van der Waals surface area contributed by atoms with Crippen LogP contribution in [-0.2, 0) is 0 Å². The molecule has 4 aliphatic rings. The first-order valence-corrected chi connectivity index (χ1v) is 11.2. The van der Waals surface area contributed by atoms with E-state index in [4.69, 9.17) is 14.2 Å². The maximum atomic E-state index is 12.9. The van der Waals surface area contributed by atoms with Crippen molar-refractivity contribution in [3.8, 4) is 17.2 Å². The molecule has 2 amide bonds. The van der Waals surface area contributed by atoms with E-state index in [9.17, 15) is 4.79 Å². The molecule has 0 heterocycles. The molecule has 4 saturated carbocycles. The first-order valence-electron chi connectivity index (χ1n) is 11.2. The van der Waals surface area contributed by atoms with Crippen LogP contribution in [0.3, 0.4) is 0 Å². The number of benzene rings is 1. The summed E-state index contributed by atoms with van der Waals surface area (Å²) in [7, 11) is 0. The number of ether oxygens (including phenoxy) is 3. The standard InChI is InChI=1S/C23H34N2O4/c1-4-27-19-10-18(11-20(28-5-2)21(19)29-6-3)24-22(26)25-23-12-15-7-16(13-23)9-17(8-15)14-23/h10-11,15-17H,4-9,12-14H2,1-3H3,(H2,24,25,26). The number of hydrogen-bond donors (Lipinski definition) is 2. The summed E-state index contributed by atoms with van der Waals surface area (Å²) in [6.45, 7) is 7.31. The molecule has 0 atom stereocenters. The van der Waals surface area contributed by atoms with Crippen LogP contribution < -0.4 is 24.8 Å². The van der Waals surface area contributed by atoms with E-state index in [1.54, 1.807) is 0 Å². The number of anilines is 1. The SMILES string of the molecule is CCOc1cc(NC(=O)NC23CC4CC(CC(C4)C2)C3)cc(OCC)c1OCC.